The standard InChI is InChI=1S/C19H29N3O2/c1-15-5-4-10-21(13-15)12-9-20-19(24)22-11-8-16-6-2-3-7-17(16)18(22)14-23/h2-3,6-7,15,18,23H,4-5,8-14H2,1H3,(H,20,24). The van der Waals surface area contributed by atoms with E-state index in [0.717, 1.165) is 37.5 Å². The van der Waals surface area contributed by atoms with E-state index in [4.69, 9.17) is 0 Å². The molecule has 0 aromatic heterocycles. The summed E-state index contributed by atoms with van der Waals surface area (Å²) in [5.74, 6) is 0.756. The Morgan fingerprint density at radius 1 is 1.33 bits per heavy atom. The first-order valence-corrected chi connectivity index (χ1v) is 9.14. The fourth-order valence-corrected chi connectivity index (χ4v) is 4.00. The number of likely N-dealkylation sites (tertiary alicyclic amines) is 1. The number of amides is 2. The highest BCUT2D eigenvalue weighted by atomic mass is 16.3. The maximum Gasteiger partial charge on any atom is 0.318 e. The van der Waals surface area contributed by atoms with Gasteiger partial charge in [0, 0.05) is 26.2 Å². The predicted octanol–water partition coefficient (Wildman–Crippen LogP) is 2.02. The molecule has 2 amide bonds. The molecule has 5 nitrogen and oxygen atoms in total. The van der Waals surface area contributed by atoms with Crippen molar-refractivity contribution in [3.05, 3.63) is 35.4 Å². The molecule has 2 aliphatic heterocycles. The number of hydrogen-bond donors (Lipinski definition) is 2. The average molecular weight is 331 g/mol. The van der Waals surface area contributed by atoms with E-state index in [0.29, 0.717) is 13.1 Å². The number of benzene rings is 1. The third-order valence-electron chi connectivity index (χ3n) is 5.29. The third-order valence-corrected chi connectivity index (χ3v) is 5.29. The molecule has 132 valence electrons. The van der Waals surface area contributed by atoms with Gasteiger partial charge in [-0.1, -0.05) is 31.2 Å². The lowest BCUT2D eigenvalue weighted by Gasteiger charge is -2.36. The second-order valence-corrected chi connectivity index (χ2v) is 7.12. The van der Waals surface area contributed by atoms with E-state index in [2.05, 4.69) is 23.2 Å². The molecule has 1 aromatic carbocycles. The highest BCUT2D eigenvalue weighted by Crippen LogP contribution is 2.29. The summed E-state index contributed by atoms with van der Waals surface area (Å²) in [6, 6.07) is 7.80. The molecule has 3 rings (SSSR count). The van der Waals surface area contributed by atoms with Gasteiger partial charge in [-0.05, 0) is 42.9 Å². The second-order valence-electron chi connectivity index (χ2n) is 7.12. The van der Waals surface area contributed by atoms with Crippen LogP contribution in [0.5, 0.6) is 0 Å². The number of hydrogen-bond acceptors (Lipinski definition) is 3. The van der Waals surface area contributed by atoms with Crippen LogP contribution >= 0.6 is 0 Å². The van der Waals surface area contributed by atoms with Crippen molar-refractivity contribution in [1.29, 1.82) is 0 Å². The quantitative estimate of drug-likeness (QED) is 0.887. The molecule has 1 aromatic rings. The number of urea groups is 1. The molecule has 2 N–H and O–H groups in total. The summed E-state index contributed by atoms with van der Waals surface area (Å²) in [6.07, 6.45) is 3.42. The summed E-state index contributed by atoms with van der Waals surface area (Å²) in [5.41, 5.74) is 2.31. The monoisotopic (exact) mass is 331 g/mol. The van der Waals surface area contributed by atoms with Crippen molar-refractivity contribution >= 4 is 6.03 Å². The zero-order valence-corrected chi connectivity index (χ0v) is 14.6. The smallest absolute Gasteiger partial charge is 0.318 e. The molecule has 24 heavy (non-hydrogen) atoms. The fourth-order valence-electron chi connectivity index (χ4n) is 4.00. The Kier molecular flexibility index (Phi) is 5.74. The molecule has 0 saturated carbocycles. The number of nitrogens with zero attached hydrogens (tertiary/aromatic N) is 2. The fraction of sp³-hybridized carbons (Fsp3) is 0.632. The molecule has 2 heterocycles. The van der Waals surface area contributed by atoms with Gasteiger partial charge in [0.15, 0.2) is 0 Å². The van der Waals surface area contributed by atoms with E-state index >= 15 is 0 Å². The first-order valence-electron chi connectivity index (χ1n) is 9.14. The van der Waals surface area contributed by atoms with Gasteiger partial charge < -0.3 is 20.2 Å². The van der Waals surface area contributed by atoms with Crippen molar-refractivity contribution in [3.63, 3.8) is 0 Å². The van der Waals surface area contributed by atoms with Gasteiger partial charge in [-0.2, -0.15) is 0 Å². The van der Waals surface area contributed by atoms with Gasteiger partial charge in [-0.15, -0.1) is 0 Å². The molecule has 2 unspecified atom stereocenters. The number of aliphatic hydroxyl groups is 1. The van der Waals surface area contributed by atoms with Crippen molar-refractivity contribution in [1.82, 2.24) is 15.1 Å². The van der Waals surface area contributed by atoms with Crippen molar-refractivity contribution in [3.8, 4) is 0 Å². The first kappa shape index (κ1) is 17.2. The number of rotatable bonds is 4. The highest BCUT2D eigenvalue weighted by molar-refractivity contribution is 5.75. The van der Waals surface area contributed by atoms with Gasteiger partial charge in [0.05, 0.1) is 12.6 Å². The van der Waals surface area contributed by atoms with E-state index in [1.54, 1.807) is 4.90 Å². The maximum atomic E-state index is 12.6. The van der Waals surface area contributed by atoms with E-state index in [-0.39, 0.29) is 18.7 Å². The van der Waals surface area contributed by atoms with Gasteiger partial charge >= 0.3 is 6.03 Å². The van der Waals surface area contributed by atoms with Crippen LogP contribution in [0.2, 0.25) is 0 Å². The lowest BCUT2D eigenvalue weighted by Crippen LogP contribution is -2.48. The number of carbonyl (C=O) groups is 1. The number of carbonyl (C=O) groups excluding carboxylic acids is 1. The molecule has 0 aliphatic carbocycles. The lowest BCUT2D eigenvalue weighted by atomic mass is 9.93. The molecule has 0 spiro atoms. The SMILES string of the molecule is CC1CCCN(CCNC(=O)N2CCc3ccccc3C2CO)C1. The number of fused-ring (bicyclic) bond motifs is 1. The van der Waals surface area contributed by atoms with Crippen LogP contribution in [0.1, 0.15) is 36.9 Å². The van der Waals surface area contributed by atoms with Crippen LogP contribution in [0, 0.1) is 5.92 Å². The Hall–Kier alpha value is -1.59. The van der Waals surface area contributed by atoms with Gasteiger partial charge in [0.2, 0.25) is 0 Å². The zero-order valence-electron chi connectivity index (χ0n) is 14.6. The molecule has 2 aliphatic rings. The molecular weight excluding hydrogens is 302 g/mol. The third kappa shape index (κ3) is 3.90. The highest BCUT2D eigenvalue weighted by Gasteiger charge is 2.30. The van der Waals surface area contributed by atoms with Crippen LogP contribution in [0.3, 0.4) is 0 Å². The van der Waals surface area contributed by atoms with Crippen molar-refractivity contribution < 1.29 is 9.90 Å². The van der Waals surface area contributed by atoms with Crippen molar-refractivity contribution in [2.75, 3.05) is 39.3 Å². The van der Waals surface area contributed by atoms with E-state index in [1.165, 1.54) is 18.4 Å². The first-order chi connectivity index (χ1) is 11.7. The Morgan fingerprint density at radius 2 is 2.17 bits per heavy atom. The average Bonchev–Trinajstić information content (AvgIpc) is 2.60. The molecular formula is C19H29N3O2. The zero-order chi connectivity index (χ0) is 16.9. The molecule has 2 atom stereocenters. The molecule has 0 radical (unpaired) electrons. The van der Waals surface area contributed by atoms with E-state index < -0.39 is 0 Å². The topological polar surface area (TPSA) is 55.8 Å². The molecule has 1 fully saturated rings. The Balaban J connectivity index is 1.53. The van der Waals surface area contributed by atoms with Crippen molar-refractivity contribution in [2.45, 2.75) is 32.2 Å². The van der Waals surface area contributed by atoms with Crippen LogP contribution in [-0.4, -0.2) is 60.3 Å². The second kappa shape index (κ2) is 7.99. The number of nitrogens with one attached hydrogen (secondary N) is 1. The Labute approximate surface area is 144 Å². The van der Waals surface area contributed by atoms with Gasteiger partial charge in [-0.25, -0.2) is 4.79 Å². The Morgan fingerprint density at radius 3 is 2.96 bits per heavy atom. The van der Waals surface area contributed by atoms with Crippen molar-refractivity contribution in [2.24, 2.45) is 5.92 Å². The van der Waals surface area contributed by atoms with Crippen LogP contribution in [0.25, 0.3) is 0 Å². The largest absolute Gasteiger partial charge is 0.394 e. The van der Waals surface area contributed by atoms with Gasteiger partial charge in [-0.3, -0.25) is 0 Å². The van der Waals surface area contributed by atoms with Crippen LogP contribution in [-0.2, 0) is 6.42 Å². The minimum absolute atomic E-state index is 0.0337. The van der Waals surface area contributed by atoms with Crippen LogP contribution < -0.4 is 5.32 Å². The number of aliphatic hydroxyl groups excluding tert-OH is 1. The summed E-state index contributed by atoms with van der Waals surface area (Å²) in [6.45, 7) is 6.76. The summed E-state index contributed by atoms with van der Waals surface area (Å²) in [7, 11) is 0. The maximum absolute atomic E-state index is 12.6. The summed E-state index contributed by atoms with van der Waals surface area (Å²) in [4.78, 5) is 16.8. The van der Waals surface area contributed by atoms with Gasteiger partial charge in [0.1, 0.15) is 0 Å². The molecule has 5 heteroatoms. The summed E-state index contributed by atoms with van der Waals surface area (Å²) < 4.78 is 0. The molecule has 0 bridgehead atoms. The summed E-state index contributed by atoms with van der Waals surface area (Å²) >= 11 is 0. The summed E-state index contributed by atoms with van der Waals surface area (Å²) in [5, 5.41) is 12.8. The number of piperidine rings is 1. The predicted molar refractivity (Wildman–Crippen MR) is 94.9 cm³/mol. The van der Waals surface area contributed by atoms with Gasteiger partial charge in [0.25, 0.3) is 0 Å². The molecule has 1 saturated heterocycles. The van der Waals surface area contributed by atoms with E-state index in [9.17, 15) is 9.90 Å². The van der Waals surface area contributed by atoms with Crippen LogP contribution in [0.4, 0.5) is 4.79 Å². The minimum Gasteiger partial charge on any atom is -0.394 e. The van der Waals surface area contributed by atoms with Crippen LogP contribution in [0.15, 0.2) is 24.3 Å². The minimum atomic E-state index is -0.232. The lowest BCUT2D eigenvalue weighted by molar-refractivity contribution is 0.125. The Bertz CT molecular complexity index is 563. The van der Waals surface area contributed by atoms with E-state index in [1.807, 2.05) is 18.2 Å². The normalized spacial score (nSPS) is 24.5.